The lowest BCUT2D eigenvalue weighted by atomic mass is 10.2. The Morgan fingerprint density at radius 1 is 1.60 bits per heavy atom. The highest BCUT2D eigenvalue weighted by molar-refractivity contribution is 8.02. The average molecular weight is 154 g/mol. The molecule has 0 N–H and O–H groups in total. The molecule has 0 heterocycles. The maximum atomic E-state index is 3.91. The Hall–Kier alpha value is -0.430. The molecule has 0 aromatic rings. The van der Waals surface area contributed by atoms with Crippen LogP contribution >= 0.6 is 11.8 Å². The van der Waals surface area contributed by atoms with Crippen molar-refractivity contribution in [3.63, 3.8) is 0 Å². The second-order valence-corrected chi connectivity index (χ2v) is 2.81. The van der Waals surface area contributed by atoms with Crippen molar-refractivity contribution < 1.29 is 0 Å². The Labute approximate surface area is 67.7 Å². The Balaban J connectivity index is 4.19. The molecule has 0 aliphatic rings. The van der Waals surface area contributed by atoms with Crippen molar-refractivity contribution in [1.29, 1.82) is 0 Å². The number of allylic oxidation sites excluding steroid dienone is 3. The SMILES string of the molecule is C=C/C=C(/CC)C(=C)SC. The largest absolute Gasteiger partial charge is 0.130 e. The van der Waals surface area contributed by atoms with Crippen LogP contribution in [0, 0.1) is 0 Å². The minimum Gasteiger partial charge on any atom is -0.130 e. The maximum Gasteiger partial charge on any atom is 0.00291 e. The monoisotopic (exact) mass is 154 g/mol. The standard InChI is InChI=1S/C9H14S/c1-5-7-9(6-2)8(3)10-4/h5,7H,1,3,6H2,2,4H3/b9-7-. The lowest BCUT2D eigenvalue weighted by Crippen LogP contribution is -1.79. The molecule has 0 saturated heterocycles. The maximum absolute atomic E-state index is 3.91. The molecule has 0 rings (SSSR count). The van der Waals surface area contributed by atoms with E-state index in [1.54, 1.807) is 17.8 Å². The van der Waals surface area contributed by atoms with E-state index in [2.05, 4.69) is 20.1 Å². The normalized spacial score (nSPS) is 11.2. The van der Waals surface area contributed by atoms with Gasteiger partial charge in [0.15, 0.2) is 0 Å². The van der Waals surface area contributed by atoms with E-state index in [1.807, 2.05) is 12.3 Å². The molecule has 0 aliphatic heterocycles. The molecule has 0 spiro atoms. The number of thioether (sulfide) groups is 1. The zero-order valence-corrected chi connectivity index (χ0v) is 7.50. The van der Waals surface area contributed by atoms with Crippen molar-refractivity contribution in [2.45, 2.75) is 13.3 Å². The van der Waals surface area contributed by atoms with Crippen LogP contribution in [0.1, 0.15) is 13.3 Å². The minimum absolute atomic E-state index is 1.03. The topological polar surface area (TPSA) is 0 Å². The summed E-state index contributed by atoms with van der Waals surface area (Å²) >= 11 is 1.69. The summed E-state index contributed by atoms with van der Waals surface area (Å²) in [6.07, 6.45) is 6.89. The molecule has 0 fully saturated rings. The van der Waals surface area contributed by atoms with E-state index in [4.69, 9.17) is 0 Å². The van der Waals surface area contributed by atoms with E-state index in [-0.39, 0.29) is 0 Å². The Morgan fingerprint density at radius 3 is 2.50 bits per heavy atom. The average Bonchev–Trinajstić information content (AvgIpc) is 1.99. The molecule has 0 nitrogen and oxygen atoms in total. The summed E-state index contributed by atoms with van der Waals surface area (Å²) in [6.45, 7) is 9.67. The van der Waals surface area contributed by atoms with Gasteiger partial charge in [-0.2, -0.15) is 0 Å². The van der Waals surface area contributed by atoms with Crippen LogP contribution in [0.2, 0.25) is 0 Å². The summed E-state index contributed by atoms with van der Waals surface area (Å²) < 4.78 is 0. The second-order valence-electron chi connectivity index (χ2n) is 1.91. The summed E-state index contributed by atoms with van der Waals surface area (Å²) in [5, 5.41) is 0. The van der Waals surface area contributed by atoms with Gasteiger partial charge in [0.25, 0.3) is 0 Å². The van der Waals surface area contributed by atoms with Crippen molar-refractivity contribution in [1.82, 2.24) is 0 Å². The smallest absolute Gasteiger partial charge is 0.00291 e. The van der Waals surface area contributed by atoms with E-state index < -0.39 is 0 Å². The highest BCUT2D eigenvalue weighted by Gasteiger charge is 1.95. The number of hydrogen-bond acceptors (Lipinski definition) is 1. The molecule has 0 aromatic carbocycles. The van der Waals surface area contributed by atoms with Gasteiger partial charge in [-0.25, -0.2) is 0 Å². The van der Waals surface area contributed by atoms with Crippen LogP contribution < -0.4 is 0 Å². The first-order valence-electron chi connectivity index (χ1n) is 3.31. The van der Waals surface area contributed by atoms with Gasteiger partial charge in [-0.3, -0.25) is 0 Å². The third kappa shape index (κ3) is 2.92. The molecule has 0 aromatic heterocycles. The van der Waals surface area contributed by atoms with Crippen LogP contribution in [0.25, 0.3) is 0 Å². The van der Waals surface area contributed by atoms with Crippen molar-refractivity contribution in [2.75, 3.05) is 6.26 Å². The molecule has 10 heavy (non-hydrogen) atoms. The van der Waals surface area contributed by atoms with Gasteiger partial charge in [-0.1, -0.05) is 32.2 Å². The van der Waals surface area contributed by atoms with Gasteiger partial charge < -0.3 is 0 Å². The molecule has 0 bridgehead atoms. The fourth-order valence-electron chi connectivity index (χ4n) is 0.681. The predicted molar refractivity (Wildman–Crippen MR) is 51.2 cm³/mol. The number of hydrogen-bond donors (Lipinski definition) is 0. The minimum atomic E-state index is 1.03. The van der Waals surface area contributed by atoms with E-state index in [1.165, 1.54) is 5.57 Å². The van der Waals surface area contributed by atoms with Crippen molar-refractivity contribution in [3.8, 4) is 0 Å². The van der Waals surface area contributed by atoms with Crippen LogP contribution in [0.3, 0.4) is 0 Å². The van der Waals surface area contributed by atoms with Gasteiger partial charge in [0.1, 0.15) is 0 Å². The van der Waals surface area contributed by atoms with Crippen molar-refractivity contribution >= 4 is 11.8 Å². The van der Waals surface area contributed by atoms with Crippen LogP contribution in [-0.4, -0.2) is 6.26 Å². The Morgan fingerprint density at radius 2 is 2.20 bits per heavy atom. The molecule has 0 saturated carbocycles. The van der Waals surface area contributed by atoms with E-state index in [0.29, 0.717) is 0 Å². The molecule has 1 heteroatoms. The zero-order valence-electron chi connectivity index (χ0n) is 6.68. The Bertz CT molecular complexity index is 154. The van der Waals surface area contributed by atoms with Crippen LogP contribution in [0.4, 0.5) is 0 Å². The fourth-order valence-corrected chi connectivity index (χ4v) is 1.16. The first-order chi connectivity index (χ1) is 4.76. The third-order valence-electron chi connectivity index (χ3n) is 1.30. The summed E-state index contributed by atoms with van der Waals surface area (Å²) in [7, 11) is 0. The second kappa shape index (κ2) is 5.36. The predicted octanol–water partition coefficient (Wildman–Crippen LogP) is 3.39. The van der Waals surface area contributed by atoms with E-state index in [9.17, 15) is 0 Å². The molecular formula is C9H14S. The number of rotatable bonds is 4. The fraction of sp³-hybridized carbons (Fsp3) is 0.333. The summed E-state index contributed by atoms with van der Waals surface area (Å²) in [4.78, 5) is 1.14. The molecular weight excluding hydrogens is 140 g/mol. The third-order valence-corrected chi connectivity index (χ3v) is 2.06. The van der Waals surface area contributed by atoms with Gasteiger partial charge in [0.2, 0.25) is 0 Å². The first-order valence-corrected chi connectivity index (χ1v) is 4.53. The van der Waals surface area contributed by atoms with Crippen molar-refractivity contribution in [3.05, 3.63) is 35.8 Å². The van der Waals surface area contributed by atoms with Crippen LogP contribution in [0.15, 0.2) is 35.8 Å². The van der Waals surface area contributed by atoms with Gasteiger partial charge in [0.05, 0.1) is 0 Å². The lowest BCUT2D eigenvalue weighted by Gasteiger charge is -2.02. The van der Waals surface area contributed by atoms with Gasteiger partial charge in [-0.15, -0.1) is 11.8 Å². The van der Waals surface area contributed by atoms with Crippen LogP contribution in [0.5, 0.6) is 0 Å². The van der Waals surface area contributed by atoms with Gasteiger partial charge >= 0.3 is 0 Å². The summed E-state index contributed by atoms with van der Waals surface area (Å²) in [6, 6.07) is 0. The quantitative estimate of drug-likeness (QED) is 0.559. The highest BCUT2D eigenvalue weighted by atomic mass is 32.2. The summed E-state index contributed by atoms with van der Waals surface area (Å²) in [5.74, 6) is 0. The summed E-state index contributed by atoms with van der Waals surface area (Å²) in [5.41, 5.74) is 1.28. The Kier molecular flexibility index (Phi) is 5.13. The van der Waals surface area contributed by atoms with Gasteiger partial charge in [-0.05, 0) is 18.2 Å². The molecule has 0 aliphatic carbocycles. The highest BCUT2D eigenvalue weighted by Crippen LogP contribution is 2.21. The van der Waals surface area contributed by atoms with Gasteiger partial charge in [0, 0.05) is 4.91 Å². The molecule has 0 radical (unpaired) electrons. The van der Waals surface area contributed by atoms with Crippen molar-refractivity contribution in [2.24, 2.45) is 0 Å². The van der Waals surface area contributed by atoms with Crippen LogP contribution in [-0.2, 0) is 0 Å². The first kappa shape index (κ1) is 9.57. The zero-order chi connectivity index (χ0) is 7.98. The van der Waals surface area contributed by atoms with E-state index >= 15 is 0 Å². The molecule has 56 valence electrons. The lowest BCUT2D eigenvalue weighted by molar-refractivity contribution is 1.14. The molecule has 0 unspecified atom stereocenters. The molecule has 0 atom stereocenters. The molecule has 0 amide bonds. The van der Waals surface area contributed by atoms with E-state index in [0.717, 1.165) is 11.3 Å².